The Hall–Kier alpha value is -0.880. The Bertz CT molecular complexity index is 451. The van der Waals surface area contributed by atoms with Crippen molar-refractivity contribution in [3.63, 3.8) is 0 Å². The first-order chi connectivity index (χ1) is 9.77. The van der Waals surface area contributed by atoms with Crippen molar-refractivity contribution in [2.45, 2.75) is 52.5 Å². The molecule has 2 fully saturated rings. The summed E-state index contributed by atoms with van der Waals surface area (Å²) in [5, 5.41) is 8.57. The van der Waals surface area contributed by atoms with Gasteiger partial charge < -0.3 is 5.73 Å². The van der Waals surface area contributed by atoms with Gasteiger partial charge in [-0.05, 0) is 49.9 Å². The zero-order chi connectivity index (χ0) is 15.6. The number of amidine groups is 1. The molecule has 0 bridgehead atoms. The molecule has 6 heteroatoms. The van der Waals surface area contributed by atoms with Gasteiger partial charge in [-0.25, -0.2) is 0 Å². The zero-order valence-corrected chi connectivity index (χ0v) is 14.0. The number of rotatable bonds is 3. The van der Waals surface area contributed by atoms with Gasteiger partial charge in [0.15, 0.2) is 5.17 Å². The Kier molecular flexibility index (Phi) is 5.09. The van der Waals surface area contributed by atoms with Crippen LogP contribution in [0.2, 0.25) is 0 Å². The number of nitrogens with two attached hydrogens (primary N) is 1. The largest absolute Gasteiger partial charge is 0.378 e. The number of likely N-dealkylation sites (tertiary alicyclic amines) is 1. The average molecular weight is 310 g/mol. The summed E-state index contributed by atoms with van der Waals surface area (Å²) in [6, 6.07) is -0.103. The number of hydrogen-bond acceptors (Lipinski definition) is 4. The molecular weight excluding hydrogens is 284 g/mol. The van der Waals surface area contributed by atoms with Crippen molar-refractivity contribution >= 4 is 27.9 Å². The smallest absolute Gasteiger partial charge is 0.265 e. The van der Waals surface area contributed by atoms with E-state index < -0.39 is 0 Å². The number of hydrogen-bond donors (Lipinski definition) is 2. The first-order valence-corrected chi connectivity index (χ1v) is 8.48. The molecule has 2 aliphatic rings. The van der Waals surface area contributed by atoms with E-state index in [1.807, 2.05) is 20.8 Å². The van der Waals surface area contributed by atoms with Crippen LogP contribution in [0.15, 0.2) is 4.99 Å². The number of nitrogens with one attached hydrogen (secondary N) is 1. The maximum Gasteiger partial charge on any atom is 0.265 e. The highest BCUT2D eigenvalue weighted by atomic mass is 32.2. The van der Waals surface area contributed by atoms with E-state index in [-0.39, 0.29) is 22.5 Å². The van der Waals surface area contributed by atoms with E-state index in [1.165, 1.54) is 12.8 Å². The van der Waals surface area contributed by atoms with Crippen LogP contribution in [0.1, 0.15) is 46.5 Å². The van der Waals surface area contributed by atoms with Crippen LogP contribution in [0.3, 0.4) is 0 Å². The molecule has 1 saturated carbocycles. The van der Waals surface area contributed by atoms with Crippen molar-refractivity contribution in [2.24, 2.45) is 22.1 Å². The lowest BCUT2D eigenvalue weighted by atomic mass is 9.99. The molecular formula is C15H26N4OS. The molecule has 0 radical (unpaired) electrons. The molecule has 0 spiro atoms. The zero-order valence-electron chi connectivity index (χ0n) is 13.2. The molecule has 1 aliphatic carbocycles. The van der Waals surface area contributed by atoms with Crippen LogP contribution in [0.25, 0.3) is 0 Å². The van der Waals surface area contributed by atoms with Crippen molar-refractivity contribution in [1.82, 2.24) is 4.90 Å². The summed E-state index contributed by atoms with van der Waals surface area (Å²) in [5.41, 5.74) is 5.57. The maximum absolute atomic E-state index is 12.3. The van der Waals surface area contributed by atoms with E-state index in [0.29, 0.717) is 5.04 Å². The number of aliphatic imine (C=N–C) groups is 1. The fourth-order valence-corrected chi connectivity index (χ4v) is 3.07. The molecule has 0 aromatic rings. The molecule has 21 heavy (non-hydrogen) atoms. The minimum Gasteiger partial charge on any atom is -0.378 e. The second-order valence-corrected chi connectivity index (χ2v) is 8.10. The normalized spacial score (nSPS) is 24.3. The summed E-state index contributed by atoms with van der Waals surface area (Å²) < 4.78 is 0. The predicted molar refractivity (Wildman–Crippen MR) is 88.7 cm³/mol. The predicted octanol–water partition coefficient (Wildman–Crippen LogP) is 2.46. The van der Waals surface area contributed by atoms with Gasteiger partial charge in [0.1, 0.15) is 0 Å². The van der Waals surface area contributed by atoms with E-state index >= 15 is 0 Å². The first-order valence-electron chi connectivity index (χ1n) is 7.66. The highest BCUT2D eigenvalue weighted by Gasteiger charge is 2.34. The fraction of sp³-hybridized carbons (Fsp3) is 0.800. The highest BCUT2D eigenvalue weighted by molar-refractivity contribution is 8.26. The van der Waals surface area contributed by atoms with Gasteiger partial charge in [-0.1, -0.05) is 20.8 Å². The van der Waals surface area contributed by atoms with Gasteiger partial charge in [-0.2, -0.15) is 4.99 Å². The summed E-state index contributed by atoms with van der Waals surface area (Å²) in [4.78, 5) is 18.6. The number of carbonyl (C=O) groups excluding carboxylic acids is 1. The van der Waals surface area contributed by atoms with Gasteiger partial charge in [0.05, 0.1) is 11.1 Å². The van der Waals surface area contributed by atoms with Crippen molar-refractivity contribution in [2.75, 3.05) is 13.1 Å². The van der Waals surface area contributed by atoms with E-state index in [4.69, 9.17) is 11.1 Å². The van der Waals surface area contributed by atoms with Crippen molar-refractivity contribution < 1.29 is 4.79 Å². The Labute approximate surface area is 131 Å². The third kappa shape index (κ3) is 4.81. The Morgan fingerprint density at radius 3 is 2.62 bits per heavy atom. The molecule has 1 aliphatic heterocycles. The van der Waals surface area contributed by atoms with Crippen LogP contribution < -0.4 is 5.73 Å². The quantitative estimate of drug-likeness (QED) is 0.619. The second-order valence-electron chi connectivity index (χ2n) is 7.07. The van der Waals surface area contributed by atoms with Gasteiger partial charge in [-0.15, -0.1) is 0 Å². The maximum atomic E-state index is 12.3. The Balaban J connectivity index is 1.92. The topological polar surface area (TPSA) is 82.5 Å². The lowest BCUT2D eigenvalue weighted by molar-refractivity contribution is -0.122. The number of carbonyl (C=O) groups is 1. The minimum atomic E-state index is -0.265. The standard InChI is InChI=1S/C15H26N4OS/c1-15(2,3)13(16)21-14(17)18-12(20)11-5-4-8-19(11)9-10-6-7-10/h10-11,16H,4-9H2,1-3H3,(H2,17,18,20). The SMILES string of the molecule is CC(C)(C)C(=N)SC(N)=NC(=O)C1CCCN1CC1CC1. The molecule has 1 heterocycles. The van der Waals surface area contributed by atoms with Crippen molar-refractivity contribution in [3.05, 3.63) is 0 Å². The molecule has 5 nitrogen and oxygen atoms in total. The minimum absolute atomic E-state index is 0.103. The first kappa shape index (κ1) is 16.5. The van der Waals surface area contributed by atoms with Gasteiger partial charge in [0.2, 0.25) is 0 Å². The molecule has 1 saturated heterocycles. The summed E-state index contributed by atoms with van der Waals surface area (Å²) >= 11 is 1.09. The lowest BCUT2D eigenvalue weighted by Crippen LogP contribution is -2.37. The summed E-state index contributed by atoms with van der Waals surface area (Å²) in [7, 11) is 0. The monoisotopic (exact) mass is 310 g/mol. The van der Waals surface area contributed by atoms with E-state index in [2.05, 4.69) is 9.89 Å². The van der Waals surface area contributed by atoms with E-state index in [0.717, 1.165) is 43.6 Å². The second kappa shape index (κ2) is 6.48. The molecule has 1 amide bonds. The van der Waals surface area contributed by atoms with Crippen LogP contribution in [-0.2, 0) is 4.79 Å². The molecule has 2 rings (SSSR count). The summed E-state index contributed by atoms with van der Waals surface area (Å²) in [6.07, 6.45) is 4.52. The molecule has 0 aromatic carbocycles. The highest BCUT2D eigenvalue weighted by Crippen LogP contribution is 2.32. The Morgan fingerprint density at radius 2 is 2.05 bits per heavy atom. The van der Waals surface area contributed by atoms with E-state index in [9.17, 15) is 4.79 Å². The lowest BCUT2D eigenvalue weighted by Gasteiger charge is -2.22. The van der Waals surface area contributed by atoms with Crippen molar-refractivity contribution in [3.8, 4) is 0 Å². The van der Waals surface area contributed by atoms with Crippen LogP contribution in [0, 0.1) is 16.7 Å². The van der Waals surface area contributed by atoms with Crippen LogP contribution in [0.4, 0.5) is 0 Å². The average Bonchev–Trinajstić information content (AvgIpc) is 3.03. The Morgan fingerprint density at radius 1 is 1.38 bits per heavy atom. The summed E-state index contributed by atoms with van der Waals surface area (Å²) in [5.74, 6) is 0.642. The van der Waals surface area contributed by atoms with E-state index in [1.54, 1.807) is 0 Å². The number of amides is 1. The third-order valence-electron chi connectivity index (χ3n) is 3.95. The fourth-order valence-electron chi connectivity index (χ4n) is 2.42. The molecule has 118 valence electrons. The number of thioether (sulfide) groups is 1. The van der Waals surface area contributed by atoms with Gasteiger partial charge in [0, 0.05) is 12.0 Å². The third-order valence-corrected chi connectivity index (χ3v) is 5.06. The molecule has 0 aromatic heterocycles. The molecule has 3 N–H and O–H groups in total. The van der Waals surface area contributed by atoms with Gasteiger partial charge in [0.25, 0.3) is 5.91 Å². The van der Waals surface area contributed by atoms with Gasteiger partial charge in [-0.3, -0.25) is 15.1 Å². The van der Waals surface area contributed by atoms with Crippen LogP contribution in [-0.4, -0.2) is 40.1 Å². The van der Waals surface area contributed by atoms with Crippen LogP contribution >= 0.6 is 11.8 Å². The summed E-state index contributed by atoms with van der Waals surface area (Å²) in [6.45, 7) is 7.87. The number of nitrogens with zero attached hydrogens (tertiary/aromatic N) is 2. The van der Waals surface area contributed by atoms with Gasteiger partial charge >= 0.3 is 0 Å². The van der Waals surface area contributed by atoms with Crippen LogP contribution in [0.5, 0.6) is 0 Å². The van der Waals surface area contributed by atoms with Crippen molar-refractivity contribution in [1.29, 1.82) is 5.41 Å². The molecule has 1 unspecified atom stereocenters. The molecule has 1 atom stereocenters.